The van der Waals surface area contributed by atoms with Crippen LogP contribution in [0.25, 0.3) is 10.2 Å². The van der Waals surface area contributed by atoms with E-state index in [1.54, 1.807) is 36.5 Å². The topological polar surface area (TPSA) is 60.8 Å². The second-order valence-corrected chi connectivity index (χ2v) is 11.6. The Balaban J connectivity index is 1.11. The molecule has 0 unspecified atom stereocenters. The molecule has 0 aliphatic heterocycles. The second kappa shape index (κ2) is 17.4. The molecule has 0 fully saturated rings. The fraction of sp³-hybridized carbons (Fsp3) is 0.400. The third kappa shape index (κ3) is 10.7. The van der Waals surface area contributed by atoms with Crippen molar-refractivity contribution >= 4 is 38.9 Å². The first kappa shape index (κ1) is 31.4. The molecule has 0 radical (unpaired) electrons. The number of esters is 1. The van der Waals surface area contributed by atoms with Crippen molar-refractivity contribution in [2.45, 2.75) is 84.0 Å². The van der Waals surface area contributed by atoms with Crippen LogP contribution < -0.4 is 9.47 Å². The van der Waals surface area contributed by atoms with Crippen LogP contribution in [0.3, 0.4) is 0 Å². The maximum absolute atomic E-state index is 13.4. The van der Waals surface area contributed by atoms with Gasteiger partial charge in [-0.2, -0.15) is 0 Å². The number of carbonyl (C=O) groups is 1. The SMILES string of the molecule is CCCCCCCCCCCCCCOc1ccc(C(=O)Oc2ccc(/C=N/c3nc4ccc(F)cc4s3)cc2)cc1. The summed E-state index contributed by atoms with van der Waals surface area (Å²) >= 11 is 1.33. The lowest BCUT2D eigenvalue weighted by molar-refractivity contribution is 0.0734. The van der Waals surface area contributed by atoms with Crippen LogP contribution in [0.2, 0.25) is 0 Å². The van der Waals surface area contributed by atoms with Crippen LogP contribution >= 0.6 is 11.3 Å². The van der Waals surface area contributed by atoms with Gasteiger partial charge in [-0.1, -0.05) is 88.9 Å². The van der Waals surface area contributed by atoms with E-state index in [0.29, 0.717) is 23.1 Å². The largest absolute Gasteiger partial charge is 0.494 e. The van der Waals surface area contributed by atoms with Gasteiger partial charge < -0.3 is 9.47 Å². The van der Waals surface area contributed by atoms with Crippen LogP contribution in [0.1, 0.15) is 99.9 Å². The number of nitrogens with zero attached hydrogens (tertiary/aromatic N) is 2. The van der Waals surface area contributed by atoms with Crippen LogP contribution in [0, 0.1) is 5.82 Å². The smallest absolute Gasteiger partial charge is 0.343 e. The fourth-order valence-electron chi connectivity index (χ4n) is 4.68. The highest BCUT2D eigenvalue weighted by atomic mass is 32.1. The highest BCUT2D eigenvalue weighted by molar-refractivity contribution is 7.22. The van der Waals surface area contributed by atoms with Gasteiger partial charge in [-0.25, -0.2) is 19.2 Å². The van der Waals surface area contributed by atoms with E-state index in [1.807, 2.05) is 24.3 Å². The first-order valence-electron chi connectivity index (χ1n) is 15.3. The van der Waals surface area contributed by atoms with Gasteiger partial charge in [-0.05, 0) is 78.7 Å². The van der Waals surface area contributed by atoms with Crippen molar-refractivity contribution < 1.29 is 18.7 Å². The standard InChI is InChI=1S/C35H41FN2O3S/c1-2-3-4-5-6-7-8-9-10-11-12-13-24-40-30-21-16-28(17-22-30)34(39)41-31-19-14-27(15-20-31)26-37-35-38-32-23-18-29(36)25-33(32)42-35/h14-23,25-26H,2-13,24H2,1H3/b37-26+. The zero-order valence-electron chi connectivity index (χ0n) is 24.5. The number of ether oxygens (including phenoxy) is 2. The summed E-state index contributed by atoms with van der Waals surface area (Å²) in [5.74, 6) is 0.489. The van der Waals surface area contributed by atoms with E-state index in [-0.39, 0.29) is 5.82 Å². The van der Waals surface area contributed by atoms with E-state index in [0.717, 1.165) is 28.0 Å². The van der Waals surface area contributed by atoms with Crippen molar-refractivity contribution in [3.63, 3.8) is 0 Å². The van der Waals surface area contributed by atoms with Gasteiger partial charge in [0.2, 0.25) is 5.13 Å². The summed E-state index contributed by atoms with van der Waals surface area (Å²) in [4.78, 5) is 21.4. The van der Waals surface area contributed by atoms with Gasteiger partial charge in [0.25, 0.3) is 0 Å². The minimum atomic E-state index is -0.425. The predicted molar refractivity (Wildman–Crippen MR) is 171 cm³/mol. The number of aliphatic imine (C=N–C) groups is 1. The van der Waals surface area contributed by atoms with E-state index in [2.05, 4.69) is 16.9 Å². The predicted octanol–water partition coefficient (Wildman–Crippen LogP) is 10.5. The molecule has 0 aliphatic rings. The molecule has 0 saturated heterocycles. The number of rotatable bonds is 18. The van der Waals surface area contributed by atoms with E-state index in [4.69, 9.17) is 9.47 Å². The van der Waals surface area contributed by atoms with Gasteiger partial charge in [0.05, 0.1) is 22.4 Å². The zero-order chi connectivity index (χ0) is 29.4. The summed E-state index contributed by atoms with van der Waals surface area (Å²) in [5.41, 5.74) is 2.01. The second-order valence-electron chi connectivity index (χ2n) is 10.6. The van der Waals surface area contributed by atoms with Crippen molar-refractivity contribution in [2.24, 2.45) is 4.99 Å². The molecule has 7 heteroatoms. The summed E-state index contributed by atoms with van der Waals surface area (Å²) in [6, 6.07) is 18.6. The first-order valence-corrected chi connectivity index (χ1v) is 16.1. The van der Waals surface area contributed by atoms with Gasteiger partial charge in [0, 0.05) is 6.21 Å². The van der Waals surface area contributed by atoms with E-state index < -0.39 is 5.97 Å². The molecule has 0 bridgehead atoms. The molecule has 3 aromatic carbocycles. The minimum absolute atomic E-state index is 0.291. The molecule has 1 heterocycles. The van der Waals surface area contributed by atoms with Crippen LogP contribution in [0.15, 0.2) is 71.7 Å². The Labute approximate surface area is 252 Å². The average Bonchev–Trinajstić information content (AvgIpc) is 3.41. The summed E-state index contributed by atoms with van der Waals surface area (Å²) in [7, 11) is 0. The molecule has 0 saturated carbocycles. The lowest BCUT2D eigenvalue weighted by Crippen LogP contribution is -2.08. The highest BCUT2D eigenvalue weighted by Crippen LogP contribution is 2.28. The maximum Gasteiger partial charge on any atom is 0.343 e. The number of aromatic nitrogens is 1. The van der Waals surface area contributed by atoms with Gasteiger partial charge >= 0.3 is 5.97 Å². The number of fused-ring (bicyclic) bond motifs is 1. The Kier molecular flexibility index (Phi) is 13.0. The van der Waals surface area contributed by atoms with Crippen LogP contribution in [-0.4, -0.2) is 23.8 Å². The number of hydrogen-bond donors (Lipinski definition) is 0. The Bertz CT molecular complexity index is 1400. The highest BCUT2D eigenvalue weighted by Gasteiger charge is 2.09. The van der Waals surface area contributed by atoms with Crippen molar-refractivity contribution in [3.8, 4) is 11.5 Å². The van der Waals surface area contributed by atoms with E-state index >= 15 is 0 Å². The summed E-state index contributed by atoms with van der Waals surface area (Å²) in [5, 5.41) is 0.549. The van der Waals surface area contributed by atoms with Gasteiger partial charge in [0.15, 0.2) is 0 Å². The number of carbonyl (C=O) groups excluding carboxylic acids is 1. The Hall–Kier alpha value is -3.58. The minimum Gasteiger partial charge on any atom is -0.494 e. The molecule has 0 spiro atoms. The van der Waals surface area contributed by atoms with Crippen molar-refractivity contribution in [2.75, 3.05) is 6.61 Å². The van der Waals surface area contributed by atoms with Crippen LogP contribution in [0.4, 0.5) is 9.52 Å². The Morgan fingerprint density at radius 2 is 1.43 bits per heavy atom. The zero-order valence-corrected chi connectivity index (χ0v) is 25.3. The number of hydrogen-bond acceptors (Lipinski definition) is 6. The lowest BCUT2D eigenvalue weighted by Gasteiger charge is -2.08. The number of thiazole rings is 1. The van der Waals surface area contributed by atoms with Gasteiger partial charge in [-0.3, -0.25) is 0 Å². The molecular weight excluding hydrogens is 547 g/mol. The van der Waals surface area contributed by atoms with Gasteiger partial charge in [-0.15, -0.1) is 0 Å². The molecule has 5 nitrogen and oxygen atoms in total. The first-order chi connectivity index (χ1) is 20.6. The lowest BCUT2D eigenvalue weighted by atomic mass is 10.1. The molecule has 0 amide bonds. The van der Waals surface area contributed by atoms with E-state index in [9.17, 15) is 9.18 Å². The summed E-state index contributed by atoms with van der Waals surface area (Å²) < 4.78 is 25.5. The van der Waals surface area contributed by atoms with Gasteiger partial charge in [0.1, 0.15) is 17.3 Å². The number of unbranched alkanes of at least 4 members (excludes halogenated alkanes) is 11. The molecule has 222 valence electrons. The molecule has 0 aliphatic carbocycles. The molecule has 42 heavy (non-hydrogen) atoms. The third-order valence-electron chi connectivity index (χ3n) is 7.11. The third-order valence-corrected chi connectivity index (χ3v) is 8.04. The number of benzene rings is 3. The molecule has 0 N–H and O–H groups in total. The van der Waals surface area contributed by atoms with Crippen molar-refractivity contribution in [3.05, 3.63) is 83.7 Å². The molecular formula is C35H41FN2O3S. The maximum atomic E-state index is 13.4. The van der Waals surface area contributed by atoms with Crippen LogP contribution in [-0.2, 0) is 0 Å². The molecule has 4 aromatic rings. The van der Waals surface area contributed by atoms with Crippen molar-refractivity contribution in [1.82, 2.24) is 4.98 Å². The Morgan fingerprint density at radius 1 is 0.810 bits per heavy atom. The number of halogens is 1. The normalized spacial score (nSPS) is 11.4. The molecule has 0 atom stereocenters. The summed E-state index contributed by atoms with van der Waals surface area (Å²) in [6.45, 7) is 2.95. The van der Waals surface area contributed by atoms with Crippen molar-refractivity contribution in [1.29, 1.82) is 0 Å². The molecule has 4 rings (SSSR count). The van der Waals surface area contributed by atoms with E-state index in [1.165, 1.54) is 94.1 Å². The monoisotopic (exact) mass is 588 g/mol. The van der Waals surface area contributed by atoms with Crippen LogP contribution in [0.5, 0.6) is 11.5 Å². The Morgan fingerprint density at radius 3 is 2.10 bits per heavy atom. The summed E-state index contributed by atoms with van der Waals surface area (Å²) in [6.07, 6.45) is 17.5. The fourth-order valence-corrected chi connectivity index (χ4v) is 5.52. The average molecular weight is 589 g/mol. The molecule has 1 aromatic heterocycles. The quantitative estimate of drug-likeness (QED) is 0.0502.